The van der Waals surface area contributed by atoms with Crippen LogP contribution in [0.3, 0.4) is 0 Å². The molecule has 0 N–H and O–H groups in total. The maximum Gasteiger partial charge on any atom is 0.333 e. The zero-order chi connectivity index (χ0) is 6.57. The number of methoxy groups -OCH3 is 1. The average molecular weight is 151 g/mol. The van der Waals surface area contributed by atoms with Crippen LogP contribution in [0.4, 0.5) is 0 Å². The molecule has 2 nitrogen and oxygen atoms in total. The fourth-order valence-electron chi connectivity index (χ4n) is 0.289. The van der Waals surface area contributed by atoms with Gasteiger partial charge in [0.1, 0.15) is 0 Å². The van der Waals surface area contributed by atoms with Crippen LogP contribution in [0.5, 0.6) is 0 Å². The van der Waals surface area contributed by atoms with Gasteiger partial charge in [-0.3, -0.25) is 0 Å². The minimum Gasteiger partial charge on any atom is -0.466 e. The van der Waals surface area contributed by atoms with Crippen molar-refractivity contribution >= 4 is 18.4 Å². The molecule has 3 heteroatoms. The molecule has 0 aliphatic rings. The standard InChI is InChI=1S/C6H10O2.ClH/c1-4-5(2)6(7)8-3;/h2,4H2,1,3H3;1H. The lowest BCUT2D eigenvalue weighted by atomic mass is 10.2. The number of rotatable bonds is 2. The summed E-state index contributed by atoms with van der Waals surface area (Å²) in [6.45, 7) is 5.33. The van der Waals surface area contributed by atoms with Crippen molar-refractivity contribution in [1.82, 2.24) is 0 Å². The molecule has 0 bridgehead atoms. The summed E-state index contributed by atoms with van der Waals surface area (Å²) in [5.41, 5.74) is 0.521. The Bertz CT molecular complexity index is 95.6. The molecular weight excluding hydrogens is 140 g/mol. The second-order valence-corrected chi connectivity index (χ2v) is 1.45. The van der Waals surface area contributed by atoms with E-state index in [2.05, 4.69) is 11.3 Å². The fraction of sp³-hybridized carbons (Fsp3) is 0.500. The SMILES string of the molecule is C=C(CC)C(=O)OC.Cl. The van der Waals surface area contributed by atoms with Crippen molar-refractivity contribution in [2.45, 2.75) is 13.3 Å². The largest absolute Gasteiger partial charge is 0.466 e. The van der Waals surface area contributed by atoms with E-state index in [1.54, 1.807) is 0 Å². The quantitative estimate of drug-likeness (QED) is 0.441. The van der Waals surface area contributed by atoms with Gasteiger partial charge in [-0.05, 0) is 6.42 Å². The van der Waals surface area contributed by atoms with Gasteiger partial charge < -0.3 is 4.74 Å². The lowest BCUT2D eigenvalue weighted by Gasteiger charge is -1.95. The summed E-state index contributed by atoms with van der Waals surface area (Å²) in [7, 11) is 1.35. The molecule has 0 aromatic rings. The number of halogens is 1. The summed E-state index contributed by atoms with van der Waals surface area (Å²) < 4.78 is 4.36. The van der Waals surface area contributed by atoms with E-state index in [0.29, 0.717) is 12.0 Å². The van der Waals surface area contributed by atoms with Crippen LogP contribution in [-0.4, -0.2) is 13.1 Å². The summed E-state index contributed by atoms with van der Waals surface area (Å²) in [5, 5.41) is 0. The monoisotopic (exact) mass is 150 g/mol. The summed E-state index contributed by atoms with van der Waals surface area (Å²) in [5.74, 6) is -0.312. The van der Waals surface area contributed by atoms with Gasteiger partial charge in [0.15, 0.2) is 0 Å². The van der Waals surface area contributed by atoms with Gasteiger partial charge in [-0.1, -0.05) is 13.5 Å². The molecule has 0 aliphatic heterocycles. The summed E-state index contributed by atoms with van der Waals surface area (Å²) in [6, 6.07) is 0. The van der Waals surface area contributed by atoms with Crippen molar-refractivity contribution in [1.29, 1.82) is 0 Å². The number of esters is 1. The van der Waals surface area contributed by atoms with Gasteiger partial charge in [-0.15, -0.1) is 12.4 Å². The van der Waals surface area contributed by atoms with E-state index in [1.165, 1.54) is 7.11 Å². The highest BCUT2D eigenvalue weighted by molar-refractivity contribution is 5.87. The summed E-state index contributed by atoms with van der Waals surface area (Å²) in [6.07, 6.45) is 0.659. The van der Waals surface area contributed by atoms with Crippen molar-refractivity contribution < 1.29 is 9.53 Å². The van der Waals surface area contributed by atoms with Gasteiger partial charge in [0.2, 0.25) is 0 Å². The summed E-state index contributed by atoms with van der Waals surface area (Å²) in [4.78, 5) is 10.4. The van der Waals surface area contributed by atoms with Crippen LogP contribution in [0.1, 0.15) is 13.3 Å². The molecule has 0 aromatic carbocycles. The molecular formula is C6H11ClO2. The second-order valence-electron chi connectivity index (χ2n) is 1.45. The molecule has 0 saturated heterocycles. The van der Waals surface area contributed by atoms with Gasteiger partial charge in [0, 0.05) is 5.57 Å². The lowest BCUT2D eigenvalue weighted by molar-refractivity contribution is -0.136. The van der Waals surface area contributed by atoms with Crippen molar-refractivity contribution in [3.63, 3.8) is 0 Å². The third-order valence-electron chi connectivity index (χ3n) is 0.901. The van der Waals surface area contributed by atoms with Gasteiger partial charge in [-0.25, -0.2) is 4.79 Å². The van der Waals surface area contributed by atoms with Gasteiger partial charge in [0.05, 0.1) is 7.11 Å². The molecule has 0 unspecified atom stereocenters. The lowest BCUT2D eigenvalue weighted by Crippen LogP contribution is -2.01. The van der Waals surface area contributed by atoms with Crippen LogP contribution in [-0.2, 0) is 9.53 Å². The maximum absolute atomic E-state index is 10.4. The van der Waals surface area contributed by atoms with Crippen molar-refractivity contribution in [2.75, 3.05) is 7.11 Å². The highest BCUT2D eigenvalue weighted by atomic mass is 35.5. The van der Waals surface area contributed by atoms with E-state index >= 15 is 0 Å². The van der Waals surface area contributed by atoms with Crippen molar-refractivity contribution in [3.8, 4) is 0 Å². The molecule has 54 valence electrons. The van der Waals surface area contributed by atoms with Crippen LogP contribution < -0.4 is 0 Å². The zero-order valence-electron chi connectivity index (χ0n) is 5.64. The number of hydrogen-bond acceptors (Lipinski definition) is 2. The Kier molecular flexibility index (Phi) is 7.08. The minimum absolute atomic E-state index is 0. The Morgan fingerprint density at radius 3 is 2.22 bits per heavy atom. The van der Waals surface area contributed by atoms with Crippen LogP contribution >= 0.6 is 12.4 Å². The number of hydrogen-bond donors (Lipinski definition) is 0. The molecule has 0 saturated carbocycles. The second kappa shape index (κ2) is 5.63. The highest BCUT2D eigenvalue weighted by Gasteiger charge is 2.00. The first-order chi connectivity index (χ1) is 3.72. The molecule has 0 heterocycles. The maximum atomic E-state index is 10.4. The van der Waals surface area contributed by atoms with E-state index in [0.717, 1.165) is 0 Å². The predicted octanol–water partition coefficient (Wildman–Crippen LogP) is 1.55. The molecule has 0 amide bonds. The van der Waals surface area contributed by atoms with Crippen LogP contribution in [0.25, 0.3) is 0 Å². The highest BCUT2D eigenvalue weighted by Crippen LogP contribution is 1.96. The van der Waals surface area contributed by atoms with Crippen LogP contribution in [0, 0.1) is 0 Å². The third kappa shape index (κ3) is 4.03. The predicted molar refractivity (Wildman–Crippen MR) is 38.7 cm³/mol. The average Bonchev–Trinajstić information content (AvgIpc) is 1.84. The van der Waals surface area contributed by atoms with Gasteiger partial charge >= 0.3 is 5.97 Å². The smallest absolute Gasteiger partial charge is 0.333 e. The molecule has 0 spiro atoms. The zero-order valence-corrected chi connectivity index (χ0v) is 6.46. The number of carbonyl (C=O) groups excluding carboxylic acids is 1. The molecule has 0 radical (unpaired) electrons. The Morgan fingerprint density at radius 1 is 1.67 bits per heavy atom. The molecule has 0 atom stereocenters. The molecule has 0 aromatic heterocycles. The molecule has 0 fully saturated rings. The van der Waals surface area contributed by atoms with Crippen molar-refractivity contribution in [2.24, 2.45) is 0 Å². The number of ether oxygens (including phenoxy) is 1. The van der Waals surface area contributed by atoms with Crippen LogP contribution in [0.2, 0.25) is 0 Å². The number of carbonyl (C=O) groups is 1. The van der Waals surface area contributed by atoms with Gasteiger partial charge in [0.25, 0.3) is 0 Å². The van der Waals surface area contributed by atoms with Crippen molar-refractivity contribution in [3.05, 3.63) is 12.2 Å². The minimum atomic E-state index is -0.312. The normalized spacial score (nSPS) is 7.33. The fourth-order valence-corrected chi connectivity index (χ4v) is 0.289. The van der Waals surface area contributed by atoms with E-state index in [9.17, 15) is 4.79 Å². The first-order valence-electron chi connectivity index (χ1n) is 2.48. The van der Waals surface area contributed by atoms with Crippen LogP contribution in [0.15, 0.2) is 12.2 Å². The van der Waals surface area contributed by atoms with E-state index in [4.69, 9.17) is 0 Å². The van der Waals surface area contributed by atoms with E-state index in [1.807, 2.05) is 6.92 Å². The Morgan fingerprint density at radius 2 is 2.11 bits per heavy atom. The Labute approximate surface area is 61.3 Å². The molecule has 0 rings (SSSR count). The first-order valence-corrected chi connectivity index (χ1v) is 2.48. The van der Waals surface area contributed by atoms with E-state index in [-0.39, 0.29) is 18.4 Å². The molecule has 9 heavy (non-hydrogen) atoms. The van der Waals surface area contributed by atoms with Gasteiger partial charge in [-0.2, -0.15) is 0 Å². The molecule has 0 aliphatic carbocycles. The Balaban J connectivity index is 0. The topological polar surface area (TPSA) is 26.3 Å². The Hall–Kier alpha value is -0.500. The van der Waals surface area contributed by atoms with E-state index < -0.39 is 0 Å². The summed E-state index contributed by atoms with van der Waals surface area (Å²) >= 11 is 0. The first kappa shape index (κ1) is 11.3. The third-order valence-corrected chi connectivity index (χ3v) is 0.901.